The summed E-state index contributed by atoms with van der Waals surface area (Å²) < 4.78 is 6.43. The van der Waals surface area contributed by atoms with E-state index in [1.165, 1.54) is 12.3 Å². The molecule has 0 unspecified atom stereocenters. The number of rotatable bonds is 3. The Morgan fingerprint density at radius 3 is 2.59 bits per heavy atom. The van der Waals surface area contributed by atoms with Gasteiger partial charge in [-0.3, -0.25) is 0 Å². The monoisotopic (exact) mass is 342 g/mol. The second kappa shape index (κ2) is 5.09. The topological polar surface area (TPSA) is 72.3 Å². The predicted octanol–water partition coefficient (Wildman–Crippen LogP) is 2.57. The fourth-order valence-electron chi connectivity index (χ4n) is 1.17. The molecule has 0 aliphatic carbocycles. The van der Waals surface area contributed by atoms with Crippen LogP contribution in [0.25, 0.3) is 0 Å². The number of hydrogen-bond acceptors (Lipinski definition) is 4. The van der Waals surface area contributed by atoms with Gasteiger partial charge < -0.3 is 9.84 Å². The summed E-state index contributed by atoms with van der Waals surface area (Å²) in [6.45, 7) is 0. The summed E-state index contributed by atoms with van der Waals surface area (Å²) in [4.78, 5) is 10.9. The summed E-state index contributed by atoms with van der Waals surface area (Å²) >= 11 is 2.17. The highest BCUT2D eigenvalue weighted by atomic mass is 127. The summed E-state index contributed by atoms with van der Waals surface area (Å²) in [5.74, 6) is -0.588. The van der Waals surface area contributed by atoms with Crippen molar-refractivity contribution < 1.29 is 14.6 Å². The molecule has 0 bridgehead atoms. The molecule has 0 saturated carbocycles. The molecule has 5 nitrogen and oxygen atoms in total. The maximum atomic E-state index is 10.9. The van der Waals surface area contributed by atoms with Crippen molar-refractivity contribution in [2.75, 3.05) is 0 Å². The first kappa shape index (κ1) is 11.8. The van der Waals surface area contributed by atoms with Gasteiger partial charge in [0.1, 0.15) is 11.3 Å². The van der Waals surface area contributed by atoms with Gasteiger partial charge in [-0.25, -0.2) is 4.79 Å². The van der Waals surface area contributed by atoms with Gasteiger partial charge in [-0.1, -0.05) is 0 Å². The van der Waals surface area contributed by atoms with E-state index < -0.39 is 5.97 Å². The number of carbonyl (C=O) groups is 1. The SMILES string of the molecule is O=C(O)c1ccnnc1Oc1ccc(I)cc1. The largest absolute Gasteiger partial charge is 0.477 e. The predicted molar refractivity (Wildman–Crippen MR) is 68.2 cm³/mol. The molecule has 1 N–H and O–H groups in total. The van der Waals surface area contributed by atoms with Gasteiger partial charge in [-0.05, 0) is 52.9 Å². The molecule has 0 aliphatic rings. The van der Waals surface area contributed by atoms with Crippen LogP contribution in [0.4, 0.5) is 0 Å². The summed E-state index contributed by atoms with van der Waals surface area (Å²) in [7, 11) is 0. The lowest BCUT2D eigenvalue weighted by Crippen LogP contribution is -2.02. The van der Waals surface area contributed by atoms with Crippen LogP contribution in [0.5, 0.6) is 11.6 Å². The van der Waals surface area contributed by atoms with Crippen molar-refractivity contribution >= 4 is 28.6 Å². The Bertz CT molecular complexity index is 543. The normalized spacial score (nSPS) is 9.94. The first-order valence-corrected chi connectivity index (χ1v) is 5.73. The molecule has 0 spiro atoms. The zero-order valence-corrected chi connectivity index (χ0v) is 10.7. The highest BCUT2D eigenvalue weighted by Crippen LogP contribution is 2.22. The van der Waals surface area contributed by atoms with E-state index >= 15 is 0 Å². The molecule has 0 saturated heterocycles. The molecule has 0 atom stereocenters. The van der Waals surface area contributed by atoms with Crippen molar-refractivity contribution in [3.05, 3.63) is 45.7 Å². The van der Waals surface area contributed by atoms with E-state index in [-0.39, 0.29) is 11.4 Å². The smallest absolute Gasteiger partial charge is 0.341 e. The molecule has 0 aliphatic heterocycles. The Kier molecular flexibility index (Phi) is 3.52. The van der Waals surface area contributed by atoms with Crippen LogP contribution in [0.2, 0.25) is 0 Å². The average Bonchev–Trinajstić information content (AvgIpc) is 2.32. The number of aromatic nitrogens is 2. The molecular weight excluding hydrogens is 335 g/mol. The Hall–Kier alpha value is -1.70. The molecule has 17 heavy (non-hydrogen) atoms. The summed E-state index contributed by atoms with van der Waals surface area (Å²) in [5, 5.41) is 16.2. The molecule has 1 aromatic carbocycles. The van der Waals surface area contributed by atoms with Crippen LogP contribution < -0.4 is 4.74 Å². The number of carboxylic acids is 1. The van der Waals surface area contributed by atoms with Crippen molar-refractivity contribution in [1.82, 2.24) is 10.2 Å². The Balaban J connectivity index is 2.30. The molecule has 0 radical (unpaired) electrons. The van der Waals surface area contributed by atoms with Crippen molar-refractivity contribution in [3.8, 4) is 11.6 Å². The van der Waals surface area contributed by atoms with Gasteiger partial charge >= 0.3 is 5.97 Å². The molecule has 6 heteroatoms. The molecule has 1 heterocycles. The van der Waals surface area contributed by atoms with Gasteiger partial charge in [0.05, 0.1) is 6.20 Å². The van der Waals surface area contributed by atoms with E-state index in [0.29, 0.717) is 5.75 Å². The van der Waals surface area contributed by atoms with Gasteiger partial charge in [0.25, 0.3) is 5.88 Å². The highest BCUT2D eigenvalue weighted by molar-refractivity contribution is 14.1. The number of hydrogen-bond donors (Lipinski definition) is 1. The highest BCUT2D eigenvalue weighted by Gasteiger charge is 2.13. The van der Waals surface area contributed by atoms with E-state index in [2.05, 4.69) is 32.8 Å². The van der Waals surface area contributed by atoms with Crippen LogP contribution in [0, 0.1) is 3.57 Å². The molecule has 86 valence electrons. The Morgan fingerprint density at radius 1 is 1.24 bits per heavy atom. The van der Waals surface area contributed by atoms with Gasteiger partial charge in [0.2, 0.25) is 0 Å². The zero-order valence-electron chi connectivity index (χ0n) is 8.50. The quantitative estimate of drug-likeness (QED) is 0.868. The minimum Gasteiger partial charge on any atom is -0.477 e. The summed E-state index contributed by atoms with van der Waals surface area (Å²) in [6.07, 6.45) is 1.31. The maximum absolute atomic E-state index is 10.9. The van der Waals surface area contributed by atoms with Gasteiger partial charge in [0.15, 0.2) is 0 Å². The van der Waals surface area contributed by atoms with Crippen LogP contribution in [0.1, 0.15) is 10.4 Å². The van der Waals surface area contributed by atoms with Crippen molar-refractivity contribution in [1.29, 1.82) is 0 Å². The molecule has 2 aromatic rings. The lowest BCUT2D eigenvalue weighted by atomic mass is 10.3. The fraction of sp³-hybridized carbons (Fsp3) is 0. The second-order valence-corrected chi connectivity index (χ2v) is 4.36. The van der Waals surface area contributed by atoms with Gasteiger partial charge in [-0.15, -0.1) is 5.10 Å². The van der Waals surface area contributed by atoms with E-state index in [1.807, 2.05) is 12.1 Å². The third-order valence-electron chi connectivity index (χ3n) is 1.95. The Labute approximate surface area is 111 Å². The summed E-state index contributed by atoms with van der Waals surface area (Å²) in [5.41, 5.74) is -0.0152. The number of aromatic carboxylic acids is 1. The fourth-order valence-corrected chi connectivity index (χ4v) is 1.53. The summed E-state index contributed by atoms with van der Waals surface area (Å²) in [6, 6.07) is 8.53. The molecule has 0 fully saturated rings. The number of benzene rings is 1. The first-order chi connectivity index (χ1) is 8.16. The van der Waals surface area contributed by atoms with E-state index in [9.17, 15) is 4.79 Å². The van der Waals surface area contributed by atoms with Gasteiger partial charge in [0, 0.05) is 3.57 Å². The molecule has 0 amide bonds. The first-order valence-electron chi connectivity index (χ1n) is 4.65. The minimum absolute atomic E-state index is 0.0128. The number of halogens is 1. The molecular formula is C11H7IN2O3. The van der Waals surface area contributed by atoms with E-state index in [1.54, 1.807) is 12.1 Å². The maximum Gasteiger partial charge on any atom is 0.341 e. The van der Waals surface area contributed by atoms with Crippen LogP contribution in [0.15, 0.2) is 36.5 Å². The number of ether oxygens (including phenoxy) is 1. The third kappa shape index (κ3) is 2.90. The minimum atomic E-state index is -1.10. The van der Waals surface area contributed by atoms with Crippen molar-refractivity contribution in [2.45, 2.75) is 0 Å². The zero-order chi connectivity index (χ0) is 12.3. The number of carboxylic acid groups (broad SMARTS) is 1. The van der Waals surface area contributed by atoms with Crippen LogP contribution in [-0.2, 0) is 0 Å². The number of nitrogens with zero attached hydrogens (tertiary/aromatic N) is 2. The standard InChI is InChI=1S/C11H7IN2O3/c12-7-1-3-8(4-2-7)17-10-9(11(15)16)5-6-13-14-10/h1-6H,(H,15,16). The lowest BCUT2D eigenvalue weighted by Gasteiger charge is -2.06. The van der Waals surface area contributed by atoms with Gasteiger partial charge in [-0.2, -0.15) is 5.10 Å². The third-order valence-corrected chi connectivity index (χ3v) is 2.66. The van der Waals surface area contributed by atoms with E-state index in [0.717, 1.165) is 3.57 Å². The van der Waals surface area contributed by atoms with Crippen LogP contribution in [-0.4, -0.2) is 21.3 Å². The van der Waals surface area contributed by atoms with Crippen LogP contribution >= 0.6 is 22.6 Å². The average molecular weight is 342 g/mol. The van der Waals surface area contributed by atoms with Crippen molar-refractivity contribution in [3.63, 3.8) is 0 Å². The lowest BCUT2D eigenvalue weighted by molar-refractivity contribution is 0.0693. The van der Waals surface area contributed by atoms with E-state index in [4.69, 9.17) is 9.84 Å². The molecule has 2 rings (SSSR count). The molecule has 1 aromatic heterocycles. The second-order valence-electron chi connectivity index (χ2n) is 3.11. The van der Waals surface area contributed by atoms with Crippen LogP contribution in [0.3, 0.4) is 0 Å². The van der Waals surface area contributed by atoms with Crippen molar-refractivity contribution in [2.24, 2.45) is 0 Å². The Morgan fingerprint density at radius 2 is 1.94 bits per heavy atom.